The van der Waals surface area contributed by atoms with Gasteiger partial charge >= 0.3 is 0 Å². The SMILES string of the molecule is COCCC1(C(=O)N[C@H](CO)c2ccccc2)CCCC1. The number of aliphatic hydroxyl groups is 1. The molecule has 2 N–H and O–H groups in total. The number of methoxy groups -OCH3 is 1. The summed E-state index contributed by atoms with van der Waals surface area (Å²) in [6, 6.07) is 9.28. The van der Waals surface area contributed by atoms with Crippen LogP contribution in [0, 0.1) is 5.41 Å². The van der Waals surface area contributed by atoms with Crippen molar-refractivity contribution in [3.63, 3.8) is 0 Å². The highest BCUT2D eigenvalue weighted by Crippen LogP contribution is 2.41. The number of hydrogen-bond acceptors (Lipinski definition) is 3. The van der Waals surface area contributed by atoms with Gasteiger partial charge in [0.15, 0.2) is 0 Å². The third kappa shape index (κ3) is 3.83. The molecule has 1 aromatic carbocycles. The normalized spacial score (nSPS) is 18.4. The minimum atomic E-state index is -0.335. The van der Waals surface area contributed by atoms with E-state index in [1.165, 1.54) is 0 Å². The molecule has 2 rings (SSSR count). The number of benzene rings is 1. The Morgan fingerprint density at radius 2 is 2.00 bits per heavy atom. The van der Waals surface area contributed by atoms with E-state index in [4.69, 9.17) is 4.74 Å². The summed E-state index contributed by atoms with van der Waals surface area (Å²) in [4.78, 5) is 12.7. The Morgan fingerprint density at radius 1 is 1.33 bits per heavy atom. The van der Waals surface area contributed by atoms with Gasteiger partial charge in [-0.3, -0.25) is 4.79 Å². The molecule has 0 aliphatic heterocycles. The van der Waals surface area contributed by atoms with Crippen LogP contribution in [-0.2, 0) is 9.53 Å². The molecule has 1 fully saturated rings. The van der Waals surface area contributed by atoms with Crippen molar-refractivity contribution in [2.24, 2.45) is 5.41 Å². The number of hydrogen-bond donors (Lipinski definition) is 2. The number of amides is 1. The topological polar surface area (TPSA) is 58.6 Å². The van der Waals surface area contributed by atoms with Crippen LogP contribution in [-0.4, -0.2) is 31.3 Å². The molecule has 0 spiro atoms. The van der Waals surface area contributed by atoms with Crippen molar-refractivity contribution in [3.05, 3.63) is 35.9 Å². The number of carbonyl (C=O) groups excluding carboxylic acids is 1. The van der Waals surface area contributed by atoms with Gasteiger partial charge in [0.05, 0.1) is 18.1 Å². The minimum Gasteiger partial charge on any atom is -0.394 e. The lowest BCUT2D eigenvalue weighted by Crippen LogP contribution is -2.42. The molecule has 0 saturated heterocycles. The first-order valence-electron chi connectivity index (χ1n) is 7.67. The molecule has 21 heavy (non-hydrogen) atoms. The summed E-state index contributed by atoms with van der Waals surface area (Å²) in [7, 11) is 1.67. The Balaban J connectivity index is 2.07. The molecule has 4 heteroatoms. The fraction of sp³-hybridized carbons (Fsp3) is 0.588. The van der Waals surface area contributed by atoms with Crippen LogP contribution >= 0.6 is 0 Å². The van der Waals surface area contributed by atoms with Gasteiger partial charge in [-0.2, -0.15) is 0 Å². The number of nitrogens with one attached hydrogen (secondary N) is 1. The molecule has 1 saturated carbocycles. The Kier molecular flexibility index (Phi) is 5.76. The van der Waals surface area contributed by atoms with Crippen LogP contribution in [0.3, 0.4) is 0 Å². The summed E-state index contributed by atoms with van der Waals surface area (Å²) in [5.74, 6) is 0.0555. The van der Waals surface area contributed by atoms with Gasteiger partial charge in [-0.05, 0) is 24.8 Å². The van der Waals surface area contributed by atoms with Gasteiger partial charge < -0.3 is 15.2 Å². The highest BCUT2D eigenvalue weighted by atomic mass is 16.5. The molecule has 0 unspecified atom stereocenters. The summed E-state index contributed by atoms with van der Waals surface area (Å²) < 4.78 is 5.17. The zero-order valence-electron chi connectivity index (χ0n) is 12.7. The van der Waals surface area contributed by atoms with Crippen LogP contribution in [0.2, 0.25) is 0 Å². The van der Waals surface area contributed by atoms with Crippen LogP contribution in [0.1, 0.15) is 43.7 Å². The lowest BCUT2D eigenvalue weighted by atomic mass is 9.81. The van der Waals surface area contributed by atoms with Crippen LogP contribution in [0.5, 0.6) is 0 Å². The van der Waals surface area contributed by atoms with Gasteiger partial charge in [0.25, 0.3) is 0 Å². The fourth-order valence-electron chi connectivity index (χ4n) is 3.17. The third-order valence-corrected chi connectivity index (χ3v) is 4.52. The van der Waals surface area contributed by atoms with Crippen molar-refractivity contribution in [1.82, 2.24) is 5.32 Å². The van der Waals surface area contributed by atoms with Crippen molar-refractivity contribution in [2.45, 2.75) is 38.1 Å². The first-order valence-corrected chi connectivity index (χ1v) is 7.67. The van der Waals surface area contributed by atoms with Crippen LogP contribution in [0.25, 0.3) is 0 Å². The molecule has 0 radical (unpaired) electrons. The Bertz CT molecular complexity index is 441. The summed E-state index contributed by atoms with van der Waals surface area (Å²) in [6.07, 6.45) is 4.76. The maximum atomic E-state index is 12.7. The standard InChI is InChI=1S/C17H25NO3/c1-21-12-11-17(9-5-6-10-17)16(20)18-15(13-19)14-7-3-2-4-8-14/h2-4,7-8,15,19H,5-6,9-13H2,1H3,(H,18,20)/t15-/m1/s1. The highest BCUT2D eigenvalue weighted by Gasteiger charge is 2.41. The Labute approximate surface area is 126 Å². The van der Waals surface area contributed by atoms with E-state index >= 15 is 0 Å². The monoisotopic (exact) mass is 291 g/mol. The van der Waals surface area contributed by atoms with Crippen LogP contribution in [0.15, 0.2) is 30.3 Å². The minimum absolute atomic E-state index is 0.0555. The van der Waals surface area contributed by atoms with E-state index in [0.717, 1.165) is 37.7 Å². The van der Waals surface area contributed by atoms with Crippen molar-refractivity contribution in [3.8, 4) is 0 Å². The largest absolute Gasteiger partial charge is 0.394 e. The van der Waals surface area contributed by atoms with Crippen molar-refractivity contribution >= 4 is 5.91 Å². The zero-order chi connectivity index (χ0) is 15.1. The number of ether oxygens (including phenoxy) is 1. The first-order chi connectivity index (χ1) is 10.2. The second kappa shape index (κ2) is 7.57. The molecular weight excluding hydrogens is 266 g/mol. The summed E-state index contributed by atoms with van der Waals surface area (Å²) in [6.45, 7) is 0.513. The molecule has 0 aromatic heterocycles. The van der Waals surface area contributed by atoms with E-state index in [1.807, 2.05) is 30.3 Å². The van der Waals surface area contributed by atoms with Gasteiger partial charge in [0, 0.05) is 13.7 Å². The predicted octanol–water partition coefficient (Wildman–Crippen LogP) is 2.43. The lowest BCUT2D eigenvalue weighted by Gasteiger charge is -2.30. The van der Waals surface area contributed by atoms with E-state index in [9.17, 15) is 9.90 Å². The van der Waals surface area contributed by atoms with E-state index in [-0.39, 0.29) is 24.0 Å². The highest BCUT2D eigenvalue weighted by molar-refractivity contribution is 5.83. The first kappa shape index (κ1) is 16.0. The average Bonchev–Trinajstić information content (AvgIpc) is 3.01. The van der Waals surface area contributed by atoms with Crippen molar-refractivity contribution in [1.29, 1.82) is 0 Å². The Hall–Kier alpha value is -1.39. The average molecular weight is 291 g/mol. The summed E-state index contributed by atoms with van der Waals surface area (Å²) in [5.41, 5.74) is 0.617. The number of aliphatic hydroxyl groups excluding tert-OH is 1. The molecule has 1 aliphatic rings. The van der Waals surface area contributed by atoms with Gasteiger partial charge in [-0.15, -0.1) is 0 Å². The summed E-state index contributed by atoms with van der Waals surface area (Å²) >= 11 is 0. The second-order valence-corrected chi connectivity index (χ2v) is 5.85. The maximum Gasteiger partial charge on any atom is 0.226 e. The molecule has 1 amide bonds. The quantitative estimate of drug-likeness (QED) is 0.811. The van der Waals surface area contributed by atoms with E-state index in [2.05, 4.69) is 5.32 Å². The molecule has 4 nitrogen and oxygen atoms in total. The fourth-order valence-corrected chi connectivity index (χ4v) is 3.17. The number of carbonyl (C=O) groups is 1. The molecule has 1 aromatic rings. The smallest absolute Gasteiger partial charge is 0.226 e. The second-order valence-electron chi connectivity index (χ2n) is 5.85. The zero-order valence-corrected chi connectivity index (χ0v) is 12.7. The molecule has 0 heterocycles. The molecular formula is C17H25NO3. The van der Waals surface area contributed by atoms with E-state index in [1.54, 1.807) is 7.11 Å². The van der Waals surface area contributed by atoms with Gasteiger partial charge in [-0.25, -0.2) is 0 Å². The maximum absolute atomic E-state index is 12.7. The van der Waals surface area contributed by atoms with Gasteiger partial charge in [0.2, 0.25) is 5.91 Å². The van der Waals surface area contributed by atoms with Crippen LogP contribution < -0.4 is 5.32 Å². The summed E-state index contributed by atoms with van der Waals surface area (Å²) in [5, 5.41) is 12.6. The molecule has 1 aliphatic carbocycles. The van der Waals surface area contributed by atoms with Gasteiger partial charge in [0.1, 0.15) is 0 Å². The number of rotatable bonds is 7. The van der Waals surface area contributed by atoms with Crippen molar-refractivity contribution in [2.75, 3.05) is 20.3 Å². The molecule has 1 atom stereocenters. The van der Waals surface area contributed by atoms with E-state index < -0.39 is 0 Å². The Morgan fingerprint density at radius 3 is 2.57 bits per heavy atom. The van der Waals surface area contributed by atoms with Crippen molar-refractivity contribution < 1.29 is 14.6 Å². The van der Waals surface area contributed by atoms with Gasteiger partial charge in [-0.1, -0.05) is 43.2 Å². The molecule has 116 valence electrons. The lowest BCUT2D eigenvalue weighted by molar-refractivity contribution is -0.133. The third-order valence-electron chi connectivity index (χ3n) is 4.52. The predicted molar refractivity (Wildman–Crippen MR) is 81.8 cm³/mol. The molecule has 0 bridgehead atoms. The van der Waals surface area contributed by atoms with E-state index in [0.29, 0.717) is 6.61 Å². The van der Waals surface area contributed by atoms with Crippen LogP contribution in [0.4, 0.5) is 0 Å².